The summed E-state index contributed by atoms with van der Waals surface area (Å²) >= 11 is 12.3. The summed E-state index contributed by atoms with van der Waals surface area (Å²) in [5.74, 6) is -0.277. The van der Waals surface area contributed by atoms with Crippen LogP contribution in [0.5, 0.6) is 0 Å². The van der Waals surface area contributed by atoms with E-state index in [1.165, 1.54) is 18.4 Å². The normalized spacial score (nSPS) is 17.0. The second kappa shape index (κ2) is 8.90. The van der Waals surface area contributed by atoms with Crippen LogP contribution in [-0.2, 0) is 4.79 Å². The molecule has 1 heterocycles. The molecule has 1 N–H and O–H groups in total. The molecule has 0 radical (unpaired) electrons. The number of likely N-dealkylation sites (N-methyl/N-ethyl adjacent to an activating group) is 1. The average molecular weight is 391 g/mol. The number of hydrogen-bond donors (Lipinski definition) is 1. The first-order chi connectivity index (χ1) is 12.6. The van der Waals surface area contributed by atoms with Gasteiger partial charge in [-0.2, -0.15) is 0 Å². The molecule has 0 aliphatic carbocycles. The molecule has 0 spiro atoms. The minimum absolute atomic E-state index is 0.00330. The van der Waals surface area contributed by atoms with Gasteiger partial charge in [0.2, 0.25) is 5.91 Å². The Morgan fingerprint density at radius 2 is 1.73 bits per heavy atom. The number of carbonyl (C=O) groups excluding carboxylic acids is 1. The Bertz CT molecular complexity index is 745. The van der Waals surface area contributed by atoms with E-state index < -0.39 is 0 Å². The summed E-state index contributed by atoms with van der Waals surface area (Å²) in [4.78, 5) is 15.3. The van der Waals surface area contributed by atoms with E-state index >= 15 is 0 Å². The molecular weight excluding hydrogens is 367 g/mol. The molecule has 2 aromatic carbocycles. The van der Waals surface area contributed by atoms with Crippen LogP contribution in [-0.4, -0.2) is 37.5 Å². The smallest absolute Gasteiger partial charge is 0.227 e. The molecule has 2 atom stereocenters. The summed E-state index contributed by atoms with van der Waals surface area (Å²) in [5, 5.41) is 3.82. The van der Waals surface area contributed by atoms with E-state index in [9.17, 15) is 4.79 Å². The van der Waals surface area contributed by atoms with E-state index in [4.69, 9.17) is 23.2 Å². The highest BCUT2D eigenvalue weighted by Crippen LogP contribution is 2.37. The SMILES string of the molecule is CNC(=O)C(c1ccc(Cl)c(Cl)c1)C(CN1CCCC1)c1ccccc1. The van der Waals surface area contributed by atoms with Gasteiger partial charge >= 0.3 is 0 Å². The highest BCUT2D eigenvalue weighted by Gasteiger charge is 2.33. The van der Waals surface area contributed by atoms with Crippen molar-refractivity contribution in [3.63, 3.8) is 0 Å². The maximum Gasteiger partial charge on any atom is 0.227 e. The predicted octanol–water partition coefficient (Wildman–Crippen LogP) is 4.70. The fourth-order valence-electron chi connectivity index (χ4n) is 3.77. The minimum atomic E-state index is -0.322. The first kappa shape index (κ1) is 19.2. The number of amides is 1. The molecule has 26 heavy (non-hydrogen) atoms. The number of nitrogens with zero attached hydrogens (tertiary/aromatic N) is 1. The Kier molecular flexibility index (Phi) is 6.58. The monoisotopic (exact) mass is 390 g/mol. The minimum Gasteiger partial charge on any atom is -0.359 e. The van der Waals surface area contributed by atoms with Crippen LogP contribution in [0.3, 0.4) is 0 Å². The summed E-state index contributed by atoms with van der Waals surface area (Å²) in [6.07, 6.45) is 2.44. The van der Waals surface area contributed by atoms with Crippen LogP contribution in [0, 0.1) is 0 Å². The standard InChI is InChI=1S/C21H24Cl2N2O/c1-24-21(26)20(16-9-10-18(22)19(23)13-16)17(14-25-11-5-6-12-25)15-7-3-2-4-8-15/h2-4,7-10,13,17,20H,5-6,11-12,14H2,1H3,(H,24,26). The van der Waals surface area contributed by atoms with Crippen LogP contribution in [0.25, 0.3) is 0 Å². The molecule has 1 saturated heterocycles. The van der Waals surface area contributed by atoms with Gasteiger partial charge in [-0.05, 0) is 49.2 Å². The van der Waals surface area contributed by atoms with Crippen LogP contribution in [0.2, 0.25) is 10.0 Å². The fourth-order valence-corrected chi connectivity index (χ4v) is 4.08. The molecule has 5 heteroatoms. The molecular formula is C21H24Cl2N2O. The van der Waals surface area contributed by atoms with Crippen LogP contribution in [0.4, 0.5) is 0 Å². The van der Waals surface area contributed by atoms with Crippen molar-refractivity contribution in [1.82, 2.24) is 10.2 Å². The second-order valence-electron chi connectivity index (χ2n) is 6.79. The molecule has 3 rings (SSSR count). The largest absolute Gasteiger partial charge is 0.359 e. The number of nitrogens with one attached hydrogen (secondary N) is 1. The zero-order valence-corrected chi connectivity index (χ0v) is 16.4. The zero-order valence-electron chi connectivity index (χ0n) is 14.9. The number of carbonyl (C=O) groups is 1. The van der Waals surface area contributed by atoms with Gasteiger partial charge in [0.05, 0.1) is 16.0 Å². The lowest BCUT2D eigenvalue weighted by molar-refractivity contribution is -0.122. The van der Waals surface area contributed by atoms with Gasteiger partial charge in [-0.3, -0.25) is 4.79 Å². The third kappa shape index (κ3) is 4.40. The predicted molar refractivity (Wildman–Crippen MR) is 108 cm³/mol. The van der Waals surface area contributed by atoms with E-state index in [2.05, 4.69) is 22.3 Å². The van der Waals surface area contributed by atoms with Gasteiger partial charge in [0.25, 0.3) is 0 Å². The first-order valence-corrected chi connectivity index (χ1v) is 9.79. The highest BCUT2D eigenvalue weighted by molar-refractivity contribution is 6.42. The quantitative estimate of drug-likeness (QED) is 0.774. The molecule has 0 bridgehead atoms. The molecule has 0 aromatic heterocycles. The van der Waals surface area contributed by atoms with E-state index in [0.29, 0.717) is 10.0 Å². The zero-order chi connectivity index (χ0) is 18.5. The van der Waals surface area contributed by atoms with E-state index in [1.54, 1.807) is 13.1 Å². The Morgan fingerprint density at radius 1 is 1.04 bits per heavy atom. The summed E-state index contributed by atoms with van der Waals surface area (Å²) in [5.41, 5.74) is 2.06. The number of halogens is 2. The van der Waals surface area contributed by atoms with Crippen molar-refractivity contribution < 1.29 is 4.79 Å². The lowest BCUT2D eigenvalue weighted by Crippen LogP contribution is -2.36. The Balaban J connectivity index is 2.02. The Labute approximate surface area is 165 Å². The van der Waals surface area contributed by atoms with E-state index in [0.717, 1.165) is 25.2 Å². The molecule has 1 aliphatic heterocycles. The maximum atomic E-state index is 12.9. The summed E-state index contributed by atoms with van der Waals surface area (Å²) in [7, 11) is 1.69. The first-order valence-electron chi connectivity index (χ1n) is 9.04. The molecule has 0 saturated carbocycles. The molecule has 138 valence electrons. The van der Waals surface area contributed by atoms with Gasteiger partial charge < -0.3 is 10.2 Å². The highest BCUT2D eigenvalue weighted by atomic mass is 35.5. The Hall–Kier alpha value is -1.55. The van der Waals surface area contributed by atoms with Crippen LogP contribution >= 0.6 is 23.2 Å². The molecule has 1 aliphatic rings. The molecule has 1 amide bonds. The lowest BCUT2D eigenvalue weighted by atomic mass is 9.80. The van der Waals surface area contributed by atoms with Crippen LogP contribution in [0.15, 0.2) is 48.5 Å². The lowest BCUT2D eigenvalue weighted by Gasteiger charge is -2.30. The van der Waals surface area contributed by atoms with Gasteiger partial charge in [0.15, 0.2) is 0 Å². The summed E-state index contributed by atoms with van der Waals surface area (Å²) in [6, 6.07) is 15.8. The third-order valence-corrected chi connectivity index (χ3v) is 5.85. The van der Waals surface area contributed by atoms with E-state index in [-0.39, 0.29) is 17.7 Å². The topological polar surface area (TPSA) is 32.3 Å². The van der Waals surface area contributed by atoms with Crippen molar-refractivity contribution in [3.8, 4) is 0 Å². The molecule has 1 fully saturated rings. The Morgan fingerprint density at radius 3 is 2.35 bits per heavy atom. The van der Waals surface area contributed by atoms with Crippen LogP contribution in [0.1, 0.15) is 35.8 Å². The van der Waals surface area contributed by atoms with E-state index in [1.807, 2.05) is 30.3 Å². The summed E-state index contributed by atoms with van der Waals surface area (Å²) < 4.78 is 0. The fraction of sp³-hybridized carbons (Fsp3) is 0.381. The van der Waals surface area contributed by atoms with Gasteiger partial charge in [-0.25, -0.2) is 0 Å². The third-order valence-electron chi connectivity index (χ3n) is 5.12. The molecule has 2 aromatic rings. The van der Waals surface area contributed by atoms with Gasteiger partial charge in [0, 0.05) is 19.5 Å². The van der Waals surface area contributed by atoms with Crippen molar-refractivity contribution in [2.24, 2.45) is 0 Å². The number of hydrogen-bond acceptors (Lipinski definition) is 2. The molecule has 2 unspecified atom stereocenters. The van der Waals surface area contributed by atoms with Gasteiger partial charge in [-0.1, -0.05) is 59.6 Å². The van der Waals surface area contributed by atoms with Gasteiger partial charge in [0.1, 0.15) is 0 Å². The van der Waals surface area contributed by atoms with Gasteiger partial charge in [-0.15, -0.1) is 0 Å². The van der Waals surface area contributed by atoms with Crippen molar-refractivity contribution >= 4 is 29.1 Å². The van der Waals surface area contributed by atoms with Crippen molar-refractivity contribution in [1.29, 1.82) is 0 Å². The van der Waals surface area contributed by atoms with Crippen LogP contribution < -0.4 is 5.32 Å². The van der Waals surface area contributed by atoms with Crippen molar-refractivity contribution in [2.75, 3.05) is 26.7 Å². The average Bonchev–Trinajstić information content (AvgIpc) is 3.17. The maximum absolute atomic E-state index is 12.9. The van der Waals surface area contributed by atoms with Crippen molar-refractivity contribution in [3.05, 3.63) is 69.7 Å². The molecule has 3 nitrogen and oxygen atoms in total. The van der Waals surface area contributed by atoms with Crippen molar-refractivity contribution in [2.45, 2.75) is 24.7 Å². The number of likely N-dealkylation sites (tertiary alicyclic amines) is 1. The number of rotatable bonds is 6. The number of benzene rings is 2. The summed E-state index contributed by atoms with van der Waals surface area (Å²) in [6.45, 7) is 3.03. The second-order valence-corrected chi connectivity index (χ2v) is 7.60.